The second-order valence-corrected chi connectivity index (χ2v) is 5.79. The minimum absolute atomic E-state index is 0.00757. The predicted molar refractivity (Wildman–Crippen MR) is 90.7 cm³/mol. The molecule has 2 aromatic carbocycles. The molecule has 0 saturated carbocycles. The summed E-state index contributed by atoms with van der Waals surface area (Å²) in [5.74, 6) is 0.109. The molecule has 122 valence electrons. The number of amides is 1. The van der Waals surface area contributed by atoms with Crippen molar-refractivity contribution in [3.8, 4) is 11.8 Å². The van der Waals surface area contributed by atoms with Crippen LogP contribution in [0.15, 0.2) is 42.5 Å². The molecule has 7 nitrogen and oxygen atoms in total. The second-order valence-electron chi connectivity index (χ2n) is 4.81. The molecule has 0 spiro atoms. The number of nitrogens with zero attached hydrogens (tertiary/aromatic N) is 2. The SMILES string of the molecule is N#Cc1ccc(CSCC(=O)Nc2cc([N+](=O)[O-])ccc2O)cc1. The highest BCUT2D eigenvalue weighted by Crippen LogP contribution is 2.28. The van der Waals surface area contributed by atoms with Gasteiger partial charge in [0, 0.05) is 17.9 Å². The van der Waals surface area contributed by atoms with E-state index in [1.807, 2.05) is 18.2 Å². The number of phenols is 1. The molecule has 2 rings (SSSR count). The predicted octanol–water partition coefficient (Wildman–Crippen LogP) is 3.04. The summed E-state index contributed by atoms with van der Waals surface area (Å²) in [6, 6.07) is 12.5. The molecule has 0 unspecified atom stereocenters. The minimum atomic E-state index is -0.602. The number of nitrogens with one attached hydrogen (secondary N) is 1. The highest BCUT2D eigenvalue weighted by atomic mass is 32.2. The summed E-state index contributed by atoms with van der Waals surface area (Å²) in [7, 11) is 0. The van der Waals surface area contributed by atoms with E-state index in [0.29, 0.717) is 11.3 Å². The largest absolute Gasteiger partial charge is 0.506 e. The first kappa shape index (κ1) is 17.3. The number of thioether (sulfide) groups is 1. The Hall–Kier alpha value is -3.05. The van der Waals surface area contributed by atoms with Crippen molar-refractivity contribution in [2.45, 2.75) is 5.75 Å². The molecule has 0 atom stereocenters. The van der Waals surface area contributed by atoms with E-state index in [9.17, 15) is 20.0 Å². The first-order valence-corrected chi connectivity index (χ1v) is 7.99. The summed E-state index contributed by atoms with van der Waals surface area (Å²) in [4.78, 5) is 22.0. The van der Waals surface area contributed by atoms with Crippen molar-refractivity contribution in [2.75, 3.05) is 11.1 Å². The number of nitro groups is 1. The van der Waals surface area contributed by atoms with Crippen molar-refractivity contribution in [3.05, 3.63) is 63.7 Å². The van der Waals surface area contributed by atoms with Crippen LogP contribution in [-0.2, 0) is 10.5 Å². The lowest BCUT2D eigenvalue weighted by molar-refractivity contribution is -0.384. The van der Waals surface area contributed by atoms with Crippen LogP contribution in [0, 0.1) is 21.4 Å². The zero-order chi connectivity index (χ0) is 17.5. The standard InChI is InChI=1S/C16H13N3O4S/c17-8-11-1-3-12(4-2-11)9-24-10-16(21)18-14-7-13(19(22)23)5-6-15(14)20/h1-7,20H,9-10H2,(H,18,21). The van der Waals surface area contributed by atoms with Crippen molar-refractivity contribution in [1.82, 2.24) is 0 Å². The molecule has 0 radical (unpaired) electrons. The van der Waals surface area contributed by atoms with Gasteiger partial charge in [-0.3, -0.25) is 14.9 Å². The van der Waals surface area contributed by atoms with E-state index in [0.717, 1.165) is 23.8 Å². The summed E-state index contributed by atoms with van der Waals surface area (Å²) in [6.45, 7) is 0. The van der Waals surface area contributed by atoms with Crippen LogP contribution in [0.25, 0.3) is 0 Å². The highest BCUT2D eigenvalue weighted by molar-refractivity contribution is 7.99. The van der Waals surface area contributed by atoms with Crippen LogP contribution < -0.4 is 5.32 Å². The third-order valence-electron chi connectivity index (χ3n) is 3.05. The van der Waals surface area contributed by atoms with Gasteiger partial charge in [-0.1, -0.05) is 12.1 Å². The van der Waals surface area contributed by atoms with Gasteiger partial charge in [0.05, 0.1) is 28.0 Å². The summed E-state index contributed by atoms with van der Waals surface area (Å²) in [5.41, 5.74) is 1.34. The first-order valence-electron chi connectivity index (χ1n) is 6.83. The summed E-state index contributed by atoms with van der Waals surface area (Å²) in [6.07, 6.45) is 0. The number of aromatic hydroxyl groups is 1. The Morgan fingerprint density at radius 1 is 1.29 bits per heavy atom. The van der Waals surface area contributed by atoms with Crippen LogP contribution >= 0.6 is 11.8 Å². The van der Waals surface area contributed by atoms with Crippen molar-refractivity contribution in [1.29, 1.82) is 5.26 Å². The van der Waals surface area contributed by atoms with Gasteiger partial charge >= 0.3 is 0 Å². The van der Waals surface area contributed by atoms with Crippen LogP contribution in [0.3, 0.4) is 0 Å². The third-order valence-corrected chi connectivity index (χ3v) is 4.05. The number of rotatable bonds is 6. The van der Waals surface area contributed by atoms with E-state index < -0.39 is 4.92 Å². The highest BCUT2D eigenvalue weighted by Gasteiger charge is 2.12. The van der Waals surface area contributed by atoms with E-state index in [1.165, 1.54) is 11.8 Å². The fourth-order valence-electron chi connectivity index (χ4n) is 1.86. The number of benzene rings is 2. The Kier molecular flexibility index (Phi) is 5.76. The Morgan fingerprint density at radius 3 is 2.62 bits per heavy atom. The van der Waals surface area contributed by atoms with Gasteiger partial charge in [-0.05, 0) is 23.8 Å². The topological polar surface area (TPSA) is 116 Å². The maximum absolute atomic E-state index is 11.9. The van der Waals surface area contributed by atoms with Crippen molar-refractivity contribution in [3.63, 3.8) is 0 Å². The molecular weight excluding hydrogens is 330 g/mol. The number of nitriles is 1. The van der Waals surface area contributed by atoms with Crippen LogP contribution in [0.5, 0.6) is 5.75 Å². The number of phenolic OH excluding ortho intramolecular Hbond substituents is 1. The maximum atomic E-state index is 11.9. The fraction of sp³-hybridized carbons (Fsp3) is 0.125. The zero-order valence-corrected chi connectivity index (χ0v) is 13.2. The monoisotopic (exact) mass is 343 g/mol. The lowest BCUT2D eigenvalue weighted by atomic mass is 10.2. The fourth-order valence-corrected chi connectivity index (χ4v) is 2.65. The van der Waals surface area contributed by atoms with E-state index in [2.05, 4.69) is 5.32 Å². The van der Waals surface area contributed by atoms with Crippen molar-refractivity contribution < 1.29 is 14.8 Å². The van der Waals surface area contributed by atoms with E-state index in [-0.39, 0.29) is 28.8 Å². The van der Waals surface area contributed by atoms with E-state index >= 15 is 0 Å². The number of non-ortho nitro benzene ring substituents is 1. The van der Waals surface area contributed by atoms with Crippen LogP contribution in [-0.4, -0.2) is 21.7 Å². The molecule has 24 heavy (non-hydrogen) atoms. The summed E-state index contributed by atoms with van der Waals surface area (Å²) >= 11 is 1.35. The van der Waals surface area contributed by atoms with Gasteiger partial charge in [0.1, 0.15) is 5.75 Å². The molecule has 0 aliphatic heterocycles. The Bertz CT molecular complexity index is 800. The molecule has 0 saturated heterocycles. The number of nitro benzene ring substituents is 1. The Morgan fingerprint density at radius 2 is 2.00 bits per heavy atom. The molecule has 1 amide bonds. The van der Waals surface area contributed by atoms with Gasteiger partial charge in [-0.2, -0.15) is 5.26 Å². The molecule has 0 fully saturated rings. The molecular formula is C16H13N3O4S. The summed E-state index contributed by atoms with van der Waals surface area (Å²) in [5, 5.41) is 31.5. The van der Waals surface area contributed by atoms with E-state index in [4.69, 9.17) is 5.26 Å². The van der Waals surface area contributed by atoms with Crippen LogP contribution in [0.2, 0.25) is 0 Å². The van der Waals surface area contributed by atoms with Gasteiger partial charge in [-0.15, -0.1) is 11.8 Å². The van der Waals surface area contributed by atoms with Crippen LogP contribution in [0.1, 0.15) is 11.1 Å². The number of hydrogen-bond donors (Lipinski definition) is 2. The van der Waals surface area contributed by atoms with Crippen molar-refractivity contribution >= 4 is 29.0 Å². The molecule has 0 aromatic heterocycles. The molecule has 2 aromatic rings. The normalized spacial score (nSPS) is 9.96. The number of carbonyl (C=O) groups excluding carboxylic acids is 1. The van der Waals surface area contributed by atoms with Crippen LogP contribution in [0.4, 0.5) is 11.4 Å². The van der Waals surface area contributed by atoms with Gasteiger partial charge in [0.15, 0.2) is 0 Å². The lowest BCUT2D eigenvalue weighted by Crippen LogP contribution is -2.14. The Labute approximate surface area is 142 Å². The number of hydrogen-bond acceptors (Lipinski definition) is 6. The average Bonchev–Trinajstić information content (AvgIpc) is 2.57. The van der Waals surface area contributed by atoms with E-state index in [1.54, 1.807) is 12.1 Å². The molecule has 8 heteroatoms. The second kappa shape index (κ2) is 7.99. The Balaban J connectivity index is 1.88. The minimum Gasteiger partial charge on any atom is -0.506 e. The first-order chi connectivity index (χ1) is 11.5. The van der Waals surface area contributed by atoms with Gasteiger partial charge in [-0.25, -0.2) is 0 Å². The molecule has 0 aliphatic rings. The third kappa shape index (κ3) is 4.72. The molecule has 0 aliphatic carbocycles. The quantitative estimate of drug-likeness (QED) is 0.473. The van der Waals surface area contributed by atoms with Gasteiger partial charge in [0.2, 0.25) is 5.91 Å². The zero-order valence-electron chi connectivity index (χ0n) is 12.4. The molecule has 0 bridgehead atoms. The number of anilines is 1. The lowest BCUT2D eigenvalue weighted by Gasteiger charge is -2.07. The summed E-state index contributed by atoms with van der Waals surface area (Å²) < 4.78 is 0. The average molecular weight is 343 g/mol. The molecule has 2 N–H and O–H groups in total. The smallest absolute Gasteiger partial charge is 0.271 e. The van der Waals surface area contributed by atoms with Crippen molar-refractivity contribution in [2.24, 2.45) is 0 Å². The molecule has 0 heterocycles. The van der Waals surface area contributed by atoms with Gasteiger partial charge < -0.3 is 10.4 Å². The number of carbonyl (C=O) groups is 1. The maximum Gasteiger partial charge on any atom is 0.271 e. The van der Waals surface area contributed by atoms with Gasteiger partial charge in [0.25, 0.3) is 5.69 Å².